The number of nitrogens with two attached hydrogens (primary N) is 1. The zero-order valence-corrected chi connectivity index (χ0v) is 10.7. The summed E-state index contributed by atoms with van der Waals surface area (Å²) in [7, 11) is 0. The minimum Gasteiger partial charge on any atom is -0.399 e. The molecule has 2 N–H and O–H groups in total. The van der Waals surface area contributed by atoms with Gasteiger partial charge in [0.25, 0.3) is 0 Å². The lowest BCUT2D eigenvalue weighted by Gasteiger charge is -2.27. The fourth-order valence-electron chi connectivity index (χ4n) is 1.97. The molecule has 1 unspecified atom stereocenters. The van der Waals surface area contributed by atoms with Crippen molar-refractivity contribution in [3.63, 3.8) is 0 Å². The normalized spacial score (nSPS) is 13.0. The number of para-hydroxylation sites is 1. The van der Waals surface area contributed by atoms with E-state index in [1.807, 2.05) is 12.1 Å². The number of anilines is 1. The first kappa shape index (κ1) is 13.0. The maximum absolute atomic E-state index is 5.94. The molecule has 16 heavy (non-hydrogen) atoms. The minimum absolute atomic E-state index is 0.662. The second-order valence-corrected chi connectivity index (χ2v) is 4.33. The number of hydrogen-bond acceptors (Lipinski definition) is 2. The van der Waals surface area contributed by atoms with Crippen LogP contribution < -0.4 is 5.73 Å². The third-order valence-electron chi connectivity index (χ3n) is 3.34. The number of nitrogens with zero attached hydrogens (tertiary/aromatic N) is 1. The number of benzene rings is 1. The summed E-state index contributed by atoms with van der Waals surface area (Å²) in [5, 5.41) is 0. The van der Waals surface area contributed by atoms with Crippen LogP contribution in [0.5, 0.6) is 0 Å². The first-order valence-electron chi connectivity index (χ1n) is 6.26. The quantitative estimate of drug-likeness (QED) is 0.747. The topological polar surface area (TPSA) is 29.3 Å². The highest BCUT2D eigenvalue weighted by molar-refractivity contribution is 5.46. The van der Waals surface area contributed by atoms with E-state index >= 15 is 0 Å². The van der Waals surface area contributed by atoms with E-state index in [0.29, 0.717) is 6.04 Å². The molecule has 1 aromatic carbocycles. The van der Waals surface area contributed by atoms with Crippen LogP contribution in [0.25, 0.3) is 0 Å². The molecule has 0 aliphatic heterocycles. The van der Waals surface area contributed by atoms with Crippen molar-refractivity contribution in [3.05, 3.63) is 29.8 Å². The Labute approximate surface area is 99.5 Å². The van der Waals surface area contributed by atoms with Crippen molar-refractivity contribution in [3.8, 4) is 0 Å². The van der Waals surface area contributed by atoms with Gasteiger partial charge in [-0.05, 0) is 37.9 Å². The van der Waals surface area contributed by atoms with E-state index in [4.69, 9.17) is 5.73 Å². The summed E-state index contributed by atoms with van der Waals surface area (Å²) in [4.78, 5) is 2.51. The van der Waals surface area contributed by atoms with Crippen LogP contribution in [-0.4, -0.2) is 24.0 Å². The molecule has 1 aromatic rings. The molecule has 0 heterocycles. The van der Waals surface area contributed by atoms with Crippen molar-refractivity contribution < 1.29 is 0 Å². The summed E-state index contributed by atoms with van der Waals surface area (Å²) in [5.74, 6) is 0. The maximum Gasteiger partial charge on any atom is 0.0347 e. The van der Waals surface area contributed by atoms with Crippen LogP contribution in [-0.2, 0) is 6.42 Å². The second kappa shape index (κ2) is 6.54. The van der Waals surface area contributed by atoms with Gasteiger partial charge in [0, 0.05) is 18.3 Å². The second-order valence-electron chi connectivity index (χ2n) is 4.33. The van der Waals surface area contributed by atoms with Crippen molar-refractivity contribution in [1.82, 2.24) is 4.90 Å². The summed E-state index contributed by atoms with van der Waals surface area (Å²) >= 11 is 0. The van der Waals surface area contributed by atoms with Gasteiger partial charge in [0.1, 0.15) is 0 Å². The Morgan fingerprint density at radius 3 is 2.50 bits per heavy atom. The summed E-state index contributed by atoms with van der Waals surface area (Å²) in [5.41, 5.74) is 8.13. The van der Waals surface area contributed by atoms with Gasteiger partial charge in [0.15, 0.2) is 0 Å². The molecule has 0 saturated carbocycles. The van der Waals surface area contributed by atoms with Crippen molar-refractivity contribution in [2.24, 2.45) is 0 Å². The van der Waals surface area contributed by atoms with Gasteiger partial charge in [0.2, 0.25) is 0 Å². The van der Waals surface area contributed by atoms with Gasteiger partial charge in [-0.15, -0.1) is 0 Å². The minimum atomic E-state index is 0.662. The third kappa shape index (κ3) is 3.53. The van der Waals surface area contributed by atoms with E-state index in [1.165, 1.54) is 12.0 Å². The van der Waals surface area contributed by atoms with Crippen molar-refractivity contribution in [2.45, 2.75) is 39.7 Å². The molecule has 0 radical (unpaired) electrons. The van der Waals surface area contributed by atoms with E-state index in [2.05, 4.69) is 37.8 Å². The van der Waals surface area contributed by atoms with Crippen LogP contribution in [0.2, 0.25) is 0 Å². The average Bonchev–Trinajstić information content (AvgIpc) is 2.31. The number of likely N-dealkylation sites (N-methyl/N-ethyl adjacent to an activating group) is 1. The monoisotopic (exact) mass is 220 g/mol. The highest BCUT2D eigenvalue weighted by Gasteiger charge is 2.10. The van der Waals surface area contributed by atoms with E-state index in [0.717, 1.165) is 25.2 Å². The molecular formula is C14H24N2. The van der Waals surface area contributed by atoms with Crippen molar-refractivity contribution >= 4 is 5.69 Å². The molecule has 2 nitrogen and oxygen atoms in total. The lowest BCUT2D eigenvalue weighted by atomic mass is 10.1. The van der Waals surface area contributed by atoms with Crippen LogP contribution in [0.3, 0.4) is 0 Å². The van der Waals surface area contributed by atoms with Gasteiger partial charge in [-0.25, -0.2) is 0 Å². The highest BCUT2D eigenvalue weighted by atomic mass is 15.1. The van der Waals surface area contributed by atoms with Crippen molar-refractivity contribution in [1.29, 1.82) is 0 Å². The molecule has 0 bridgehead atoms. The Balaban J connectivity index is 2.53. The van der Waals surface area contributed by atoms with E-state index in [9.17, 15) is 0 Å². The molecule has 1 rings (SSSR count). The van der Waals surface area contributed by atoms with Gasteiger partial charge in [-0.2, -0.15) is 0 Å². The molecule has 2 heteroatoms. The first-order valence-corrected chi connectivity index (χ1v) is 6.26. The standard InChI is InChI=1S/C14H24N2/c1-4-12(3)16(5-2)11-10-13-8-6-7-9-14(13)15/h6-9,12H,4-5,10-11,15H2,1-3H3. The fourth-order valence-corrected chi connectivity index (χ4v) is 1.97. The fraction of sp³-hybridized carbons (Fsp3) is 0.571. The Bertz CT molecular complexity index is 309. The number of nitrogen functional groups attached to an aromatic ring is 1. The summed E-state index contributed by atoms with van der Waals surface area (Å²) in [6, 6.07) is 8.82. The highest BCUT2D eigenvalue weighted by Crippen LogP contribution is 2.13. The van der Waals surface area contributed by atoms with Gasteiger partial charge < -0.3 is 10.6 Å². The summed E-state index contributed by atoms with van der Waals surface area (Å²) in [6.45, 7) is 8.96. The van der Waals surface area contributed by atoms with E-state index in [1.54, 1.807) is 0 Å². The van der Waals surface area contributed by atoms with Crippen molar-refractivity contribution in [2.75, 3.05) is 18.8 Å². The molecule has 0 amide bonds. The van der Waals surface area contributed by atoms with Crippen LogP contribution in [0.1, 0.15) is 32.8 Å². The Morgan fingerprint density at radius 1 is 1.25 bits per heavy atom. The Morgan fingerprint density at radius 2 is 1.94 bits per heavy atom. The maximum atomic E-state index is 5.94. The third-order valence-corrected chi connectivity index (χ3v) is 3.34. The Hall–Kier alpha value is -1.02. The predicted molar refractivity (Wildman–Crippen MR) is 71.6 cm³/mol. The smallest absolute Gasteiger partial charge is 0.0347 e. The lowest BCUT2D eigenvalue weighted by molar-refractivity contribution is 0.217. The van der Waals surface area contributed by atoms with E-state index < -0.39 is 0 Å². The average molecular weight is 220 g/mol. The molecule has 0 aliphatic rings. The molecule has 90 valence electrons. The molecular weight excluding hydrogens is 196 g/mol. The van der Waals surface area contributed by atoms with Gasteiger partial charge >= 0.3 is 0 Å². The predicted octanol–water partition coefficient (Wildman–Crippen LogP) is 2.93. The molecule has 1 atom stereocenters. The van der Waals surface area contributed by atoms with Crippen LogP contribution in [0.4, 0.5) is 5.69 Å². The summed E-state index contributed by atoms with van der Waals surface area (Å²) < 4.78 is 0. The van der Waals surface area contributed by atoms with Crippen LogP contribution in [0.15, 0.2) is 24.3 Å². The zero-order valence-electron chi connectivity index (χ0n) is 10.7. The lowest BCUT2D eigenvalue weighted by Crippen LogP contribution is -2.34. The zero-order chi connectivity index (χ0) is 12.0. The number of rotatable bonds is 6. The molecule has 0 saturated heterocycles. The van der Waals surface area contributed by atoms with Gasteiger partial charge in [-0.1, -0.05) is 32.0 Å². The molecule has 0 spiro atoms. The summed E-state index contributed by atoms with van der Waals surface area (Å²) in [6.07, 6.45) is 2.25. The Kier molecular flexibility index (Phi) is 5.33. The van der Waals surface area contributed by atoms with Gasteiger partial charge in [0.05, 0.1) is 0 Å². The SMILES string of the molecule is CCC(C)N(CC)CCc1ccccc1N. The van der Waals surface area contributed by atoms with Crippen LogP contribution in [0, 0.1) is 0 Å². The number of hydrogen-bond donors (Lipinski definition) is 1. The molecule has 0 aromatic heterocycles. The van der Waals surface area contributed by atoms with E-state index in [-0.39, 0.29) is 0 Å². The largest absolute Gasteiger partial charge is 0.399 e. The van der Waals surface area contributed by atoms with Crippen LogP contribution >= 0.6 is 0 Å². The van der Waals surface area contributed by atoms with Gasteiger partial charge in [-0.3, -0.25) is 0 Å². The molecule has 0 fully saturated rings. The molecule has 0 aliphatic carbocycles. The first-order chi connectivity index (χ1) is 7.69.